The second-order valence-corrected chi connectivity index (χ2v) is 22.2. The fourth-order valence-corrected chi connectivity index (χ4v) is 11.1. The van der Waals surface area contributed by atoms with Crippen molar-refractivity contribution >= 4 is 127 Å². The molecule has 0 unspecified atom stereocenters. The van der Waals surface area contributed by atoms with Gasteiger partial charge in [-0.05, 0) is 154 Å². The van der Waals surface area contributed by atoms with Crippen LogP contribution in [0.2, 0.25) is 0 Å². The molecule has 0 aliphatic heterocycles. The Balaban J connectivity index is 0.000000239. The zero-order valence-corrected chi connectivity index (χ0v) is 44.2. The SMILES string of the molecule is C.C.CCCCc1cc2sc(-c3ccc(N=Nc4ccc(NC)cc4)cc3F)nc2s1.CCCCc1cc2sc(Br)nc2s1.CNc1ccc(N=Nc2ccc([B]OC(C)(C)C(C)(C)O)c(F)c2)cc1. The molecule has 0 fully saturated rings. The molecule has 1 radical (unpaired) electrons. The van der Waals surface area contributed by atoms with Crippen molar-refractivity contribution in [3.63, 3.8) is 0 Å². The molecule has 0 aliphatic carbocycles. The molecule has 0 saturated heterocycles. The minimum absolute atomic E-state index is 0. The van der Waals surface area contributed by atoms with Gasteiger partial charge in [0.05, 0.1) is 43.4 Å². The maximum atomic E-state index is 14.7. The third-order valence-electron chi connectivity index (χ3n) is 10.8. The number of hydrogen-bond donors (Lipinski definition) is 3. The fourth-order valence-electron chi connectivity index (χ4n) is 5.99. The van der Waals surface area contributed by atoms with E-state index in [0.29, 0.717) is 33.3 Å². The first-order chi connectivity index (χ1) is 32.6. The molecule has 4 aromatic heterocycles. The number of aliphatic hydroxyl groups is 1. The van der Waals surface area contributed by atoms with Gasteiger partial charge in [-0.25, -0.2) is 18.7 Å². The average Bonchev–Trinajstić information content (AvgIpc) is 4.09. The highest BCUT2D eigenvalue weighted by molar-refractivity contribution is 9.11. The van der Waals surface area contributed by atoms with Crippen molar-refractivity contribution in [3.05, 3.63) is 122 Å². The maximum Gasteiger partial charge on any atom is 0.333 e. The van der Waals surface area contributed by atoms with Crippen molar-refractivity contribution in [3.8, 4) is 10.6 Å². The Labute approximate surface area is 437 Å². The van der Waals surface area contributed by atoms with Crippen molar-refractivity contribution in [2.45, 2.75) is 106 Å². The van der Waals surface area contributed by atoms with Gasteiger partial charge in [0.1, 0.15) is 26.3 Å². The van der Waals surface area contributed by atoms with Gasteiger partial charge in [0, 0.05) is 52.9 Å². The molecule has 371 valence electrons. The van der Waals surface area contributed by atoms with Crippen LogP contribution in [0.5, 0.6) is 0 Å². The third-order valence-corrected chi connectivity index (χ3v) is 15.7. The van der Waals surface area contributed by atoms with E-state index in [4.69, 9.17) is 4.65 Å². The number of thiophene rings is 2. The number of aryl methyl sites for hydroxylation is 2. The fraction of sp³-hybridized carbons (Fsp3) is 0.346. The molecule has 0 amide bonds. The van der Waals surface area contributed by atoms with Crippen molar-refractivity contribution < 1.29 is 18.5 Å². The van der Waals surface area contributed by atoms with Gasteiger partial charge in [-0.3, -0.25) is 0 Å². The van der Waals surface area contributed by atoms with Crippen LogP contribution in [0.3, 0.4) is 0 Å². The van der Waals surface area contributed by atoms with Crippen LogP contribution in [0.1, 0.15) is 91.8 Å². The summed E-state index contributed by atoms with van der Waals surface area (Å²) in [6.45, 7) is 11.2. The van der Waals surface area contributed by atoms with Gasteiger partial charge in [-0.1, -0.05) is 47.6 Å². The summed E-state index contributed by atoms with van der Waals surface area (Å²) in [6.07, 6.45) is 7.22. The lowest BCUT2D eigenvalue weighted by Gasteiger charge is -2.37. The molecule has 0 bridgehead atoms. The Bertz CT molecular complexity index is 2870. The summed E-state index contributed by atoms with van der Waals surface area (Å²) in [5.41, 5.74) is 3.09. The van der Waals surface area contributed by atoms with Crippen LogP contribution in [0.25, 0.3) is 29.6 Å². The maximum absolute atomic E-state index is 14.7. The molecular weight excluding hydrogens is 1030 g/mol. The third kappa shape index (κ3) is 16.4. The number of thiazole rings is 2. The van der Waals surface area contributed by atoms with E-state index in [0.717, 1.165) is 31.2 Å². The summed E-state index contributed by atoms with van der Waals surface area (Å²) in [5.74, 6) is -0.807. The summed E-state index contributed by atoms with van der Waals surface area (Å²) in [4.78, 5) is 14.0. The molecule has 0 saturated carbocycles. The first-order valence-corrected chi connectivity index (χ1v) is 26.3. The molecule has 8 rings (SSSR count). The molecule has 0 atom stereocenters. The van der Waals surface area contributed by atoms with E-state index in [9.17, 15) is 13.9 Å². The van der Waals surface area contributed by atoms with E-state index in [1.165, 1.54) is 82.3 Å². The van der Waals surface area contributed by atoms with Crippen LogP contribution in [0.15, 0.2) is 121 Å². The molecular formula is C52H63BBrF2N8O2S4. The molecule has 0 aliphatic rings. The monoisotopic (exact) mass is 1090 g/mol. The number of halogens is 3. The Morgan fingerprint density at radius 3 is 1.53 bits per heavy atom. The number of aromatic nitrogens is 2. The van der Waals surface area contributed by atoms with E-state index in [1.54, 1.807) is 74.6 Å². The van der Waals surface area contributed by atoms with Gasteiger partial charge >= 0.3 is 7.48 Å². The van der Waals surface area contributed by atoms with Crippen molar-refractivity contribution in [2.24, 2.45) is 20.5 Å². The zero-order chi connectivity index (χ0) is 48.8. The van der Waals surface area contributed by atoms with Crippen LogP contribution in [-0.2, 0) is 17.5 Å². The molecule has 0 spiro atoms. The van der Waals surface area contributed by atoms with E-state index in [2.05, 4.69) is 83.0 Å². The number of anilines is 2. The number of unbranched alkanes of at least 4 members (excludes halogenated alkanes) is 2. The van der Waals surface area contributed by atoms with Crippen LogP contribution in [0.4, 0.5) is 42.9 Å². The number of nitrogens with one attached hydrogen (secondary N) is 2. The standard InChI is InChI=1S/C22H21FN4S2.C19H24BFN3O2.C9H10BrNS2.2CH4/c1-3-4-5-17-13-20-22(28-17)25-21(29-20)18-11-10-16(12-19(18)23)27-26-15-8-6-14(24-2)7-9-15;1-18(2,25)19(3,4)26-20-16-11-10-15(12-17(16)21)24-23-14-8-6-13(22-5)7-9-14;1-2-3-4-6-5-7-8(12-6)11-9(10)13-7;;/h6-13,24H,3-5H2,1-2H3;6-12,22,25H,1-5H3;5H,2-4H2,1H3;2*1H4. The van der Waals surface area contributed by atoms with E-state index in [1.807, 2.05) is 74.0 Å². The van der Waals surface area contributed by atoms with Gasteiger partial charge in [-0.2, -0.15) is 20.5 Å². The Kier molecular flexibility index (Phi) is 22.4. The Morgan fingerprint density at radius 1 is 0.629 bits per heavy atom. The molecule has 3 N–H and O–H groups in total. The quantitative estimate of drug-likeness (QED) is 0.0615. The average molecular weight is 1090 g/mol. The number of nitrogens with zero attached hydrogens (tertiary/aromatic N) is 6. The lowest BCUT2D eigenvalue weighted by molar-refractivity contribution is -0.0893. The topological polar surface area (TPSA) is 129 Å². The summed E-state index contributed by atoms with van der Waals surface area (Å²) < 4.78 is 38.0. The van der Waals surface area contributed by atoms with Crippen molar-refractivity contribution in [2.75, 3.05) is 24.7 Å². The molecule has 8 aromatic rings. The predicted molar refractivity (Wildman–Crippen MR) is 302 cm³/mol. The first-order valence-electron chi connectivity index (χ1n) is 22.2. The molecule has 10 nitrogen and oxygen atoms in total. The largest absolute Gasteiger partial charge is 0.427 e. The highest BCUT2D eigenvalue weighted by atomic mass is 79.9. The zero-order valence-electron chi connectivity index (χ0n) is 39.4. The van der Waals surface area contributed by atoms with Gasteiger partial charge in [0.25, 0.3) is 0 Å². The predicted octanol–water partition coefficient (Wildman–Crippen LogP) is 17.8. The number of azo groups is 2. The van der Waals surface area contributed by atoms with Gasteiger partial charge < -0.3 is 20.4 Å². The number of fused-ring (bicyclic) bond motifs is 2. The van der Waals surface area contributed by atoms with Gasteiger partial charge in [0.2, 0.25) is 0 Å². The van der Waals surface area contributed by atoms with E-state index in [-0.39, 0.29) is 26.1 Å². The van der Waals surface area contributed by atoms with Gasteiger partial charge in [0.15, 0.2) is 3.92 Å². The highest BCUT2D eigenvalue weighted by Gasteiger charge is 2.36. The molecule has 4 aromatic carbocycles. The minimum atomic E-state index is -1.07. The smallest absolute Gasteiger partial charge is 0.333 e. The van der Waals surface area contributed by atoms with Crippen LogP contribution in [0, 0.1) is 11.6 Å². The van der Waals surface area contributed by atoms with Crippen molar-refractivity contribution in [1.29, 1.82) is 0 Å². The lowest BCUT2D eigenvalue weighted by atomic mass is 9.82. The summed E-state index contributed by atoms with van der Waals surface area (Å²) in [5, 5.41) is 33.3. The van der Waals surface area contributed by atoms with Crippen LogP contribution >= 0.6 is 61.3 Å². The summed E-state index contributed by atoms with van der Waals surface area (Å²) in [7, 11) is 5.01. The minimum Gasteiger partial charge on any atom is -0.427 e. The molecule has 4 heterocycles. The Morgan fingerprint density at radius 2 is 1.09 bits per heavy atom. The number of rotatable bonds is 17. The van der Waals surface area contributed by atoms with E-state index < -0.39 is 17.0 Å². The van der Waals surface area contributed by atoms with Crippen LogP contribution < -0.4 is 16.1 Å². The summed E-state index contributed by atoms with van der Waals surface area (Å²) >= 11 is 10.2. The Hall–Kier alpha value is -4.82. The van der Waals surface area contributed by atoms with Gasteiger partial charge in [-0.15, -0.1) is 45.3 Å². The van der Waals surface area contributed by atoms with E-state index >= 15 is 0 Å². The van der Waals surface area contributed by atoms with Crippen LogP contribution in [-0.4, -0.2) is 47.9 Å². The summed E-state index contributed by atoms with van der Waals surface area (Å²) in [6, 6.07) is 28.8. The molecule has 70 heavy (non-hydrogen) atoms. The molecule has 18 heteroatoms. The lowest BCUT2D eigenvalue weighted by Crippen LogP contribution is -2.49. The highest BCUT2D eigenvalue weighted by Crippen LogP contribution is 2.38. The van der Waals surface area contributed by atoms with Crippen molar-refractivity contribution in [1.82, 2.24) is 9.97 Å². The first kappa shape index (κ1) is 57.8. The number of hydrogen-bond acceptors (Lipinski definition) is 14. The number of benzene rings is 4. The second-order valence-electron chi connectivity index (χ2n) is 16.6. The second kappa shape index (κ2) is 27.1. The normalized spacial score (nSPS) is 11.5.